The van der Waals surface area contributed by atoms with Gasteiger partial charge in [-0.2, -0.15) is 5.26 Å². The molecule has 0 amide bonds. The van der Waals surface area contributed by atoms with Crippen LogP contribution in [0.2, 0.25) is 0 Å². The molecule has 1 saturated heterocycles. The first-order valence-electron chi connectivity index (χ1n) is 10.3. The average molecular weight is 437 g/mol. The Bertz CT molecular complexity index is 1220. The molecule has 3 aromatic rings. The quantitative estimate of drug-likeness (QED) is 0.608. The van der Waals surface area contributed by atoms with Gasteiger partial charge in [0.1, 0.15) is 18.1 Å². The van der Waals surface area contributed by atoms with E-state index in [0.717, 1.165) is 0 Å². The highest BCUT2D eigenvalue weighted by Crippen LogP contribution is 2.31. The molecule has 1 atom stereocenters. The van der Waals surface area contributed by atoms with Crippen LogP contribution < -0.4 is 10.2 Å². The predicted molar refractivity (Wildman–Crippen MR) is 116 cm³/mol. The molecule has 0 spiro atoms. The van der Waals surface area contributed by atoms with Crippen LogP contribution in [0.5, 0.6) is 0 Å². The first kappa shape index (κ1) is 21.4. The molecule has 1 unspecified atom stereocenters. The molecule has 0 aliphatic carbocycles. The van der Waals surface area contributed by atoms with Crippen LogP contribution in [0.4, 0.5) is 20.3 Å². The number of hydrogen-bond donors (Lipinski definition) is 2. The number of piperidine rings is 1. The number of nitrogens with zero attached hydrogens (tertiary/aromatic N) is 4. The van der Waals surface area contributed by atoms with Gasteiger partial charge in [-0.25, -0.2) is 23.5 Å². The van der Waals surface area contributed by atoms with Gasteiger partial charge in [0.05, 0.1) is 22.6 Å². The van der Waals surface area contributed by atoms with E-state index in [-0.39, 0.29) is 16.8 Å². The van der Waals surface area contributed by atoms with Crippen LogP contribution in [0, 0.1) is 17.1 Å². The van der Waals surface area contributed by atoms with Crippen LogP contribution >= 0.6 is 0 Å². The second-order valence-corrected chi connectivity index (χ2v) is 7.75. The van der Waals surface area contributed by atoms with Gasteiger partial charge in [-0.05, 0) is 38.0 Å². The summed E-state index contributed by atoms with van der Waals surface area (Å²) in [5.41, 5.74) is 1.63. The van der Waals surface area contributed by atoms with Crippen LogP contribution in [-0.4, -0.2) is 40.3 Å². The number of hydrogen-bond acceptors (Lipinski definition) is 6. The Kier molecular flexibility index (Phi) is 5.86. The molecule has 1 aliphatic heterocycles. The van der Waals surface area contributed by atoms with Crippen molar-refractivity contribution in [1.29, 1.82) is 5.26 Å². The number of fused-ring (bicyclic) bond motifs is 1. The number of rotatable bonds is 5. The van der Waals surface area contributed by atoms with Gasteiger partial charge in [0, 0.05) is 30.4 Å². The number of aromatic nitrogens is 2. The smallest absolute Gasteiger partial charge is 0.337 e. The Morgan fingerprint density at radius 1 is 1.28 bits per heavy atom. The molecule has 0 bridgehead atoms. The molecule has 0 radical (unpaired) electrons. The fourth-order valence-electron chi connectivity index (χ4n) is 3.93. The molecule has 1 fully saturated rings. The van der Waals surface area contributed by atoms with Crippen molar-refractivity contribution in [3.05, 3.63) is 59.0 Å². The third kappa shape index (κ3) is 4.17. The minimum Gasteiger partial charge on any atom is -0.478 e. The zero-order valence-electron chi connectivity index (χ0n) is 17.3. The summed E-state index contributed by atoms with van der Waals surface area (Å²) in [5.74, 6) is -1.28. The second-order valence-electron chi connectivity index (χ2n) is 7.75. The summed E-state index contributed by atoms with van der Waals surface area (Å²) >= 11 is 0. The van der Waals surface area contributed by atoms with E-state index in [0.29, 0.717) is 48.5 Å². The standard InChI is InChI=1S/C23H21F2N5O2/c1-13(27-18-5-3-2-4-16(18)23(31)32)17-10-15(25)11-19-21(17)29-22(20(12-26)28-19)30-8-6-14(24)7-9-30/h2-5,10-11,13-14,27H,6-9H2,1H3,(H,31,32). The molecule has 1 aliphatic rings. The summed E-state index contributed by atoms with van der Waals surface area (Å²) in [5, 5.41) is 22.1. The minimum atomic E-state index is -1.08. The number of carboxylic acids is 1. The van der Waals surface area contributed by atoms with Crippen molar-refractivity contribution in [3.63, 3.8) is 0 Å². The molecular weight excluding hydrogens is 416 g/mol. The molecule has 164 valence electrons. The molecular formula is C23H21F2N5O2. The summed E-state index contributed by atoms with van der Waals surface area (Å²) in [4.78, 5) is 22.3. The maximum atomic E-state index is 14.4. The van der Waals surface area contributed by atoms with Crippen LogP contribution in [-0.2, 0) is 0 Å². The van der Waals surface area contributed by atoms with Crippen molar-refractivity contribution >= 4 is 28.5 Å². The van der Waals surface area contributed by atoms with Crippen molar-refractivity contribution in [1.82, 2.24) is 9.97 Å². The molecule has 2 heterocycles. The molecule has 1 aromatic heterocycles. The van der Waals surface area contributed by atoms with E-state index in [2.05, 4.69) is 15.3 Å². The summed E-state index contributed by atoms with van der Waals surface area (Å²) in [7, 11) is 0. The van der Waals surface area contributed by atoms with E-state index < -0.39 is 24.0 Å². The number of halogens is 2. The number of nitrogens with one attached hydrogen (secondary N) is 1. The molecule has 4 rings (SSSR count). The number of alkyl halides is 1. The van der Waals surface area contributed by atoms with E-state index in [1.807, 2.05) is 11.0 Å². The predicted octanol–water partition coefficient (Wildman–Crippen LogP) is 4.45. The van der Waals surface area contributed by atoms with Crippen LogP contribution in [0.15, 0.2) is 36.4 Å². The van der Waals surface area contributed by atoms with E-state index in [9.17, 15) is 23.9 Å². The summed E-state index contributed by atoms with van der Waals surface area (Å²) in [6.07, 6.45) is -0.205. The fraction of sp³-hybridized carbons (Fsp3) is 0.304. The third-order valence-electron chi connectivity index (χ3n) is 5.57. The number of carbonyl (C=O) groups is 1. The van der Waals surface area contributed by atoms with Crippen molar-refractivity contribution in [2.45, 2.75) is 32.0 Å². The SMILES string of the molecule is CC(Nc1ccccc1C(=O)O)c1cc(F)cc2nc(C#N)c(N3CCC(F)CC3)nc12. The summed E-state index contributed by atoms with van der Waals surface area (Å²) < 4.78 is 28.0. The van der Waals surface area contributed by atoms with Crippen LogP contribution in [0.25, 0.3) is 11.0 Å². The summed E-state index contributed by atoms with van der Waals surface area (Å²) in [6.45, 7) is 2.58. The fourth-order valence-corrected chi connectivity index (χ4v) is 3.93. The van der Waals surface area contributed by atoms with Gasteiger partial charge in [-0.1, -0.05) is 12.1 Å². The number of nitriles is 1. The Hall–Kier alpha value is -3.80. The zero-order chi connectivity index (χ0) is 22.8. The Morgan fingerprint density at radius 2 is 2.00 bits per heavy atom. The maximum Gasteiger partial charge on any atom is 0.337 e. The second kappa shape index (κ2) is 8.75. The molecule has 9 heteroatoms. The van der Waals surface area contributed by atoms with Crippen molar-refractivity contribution in [2.24, 2.45) is 0 Å². The van der Waals surface area contributed by atoms with Gasteiger partial charge in [-0.15, -0.1) is 0 Å². The number of benzene rings is 2. The van der Waals surface area contributed by atoms with Gasteiger partial charge in [0.2, 0.25) is 0 Å². The van der Waals surface area contributed by atoms with Crippen molar-refractivity contribution in [2.75, 3.05) is 23.3 Å². The lowest BCUT2D eigenvalue weighted by molar-refractivity contribution is 0.0698. The average Bonchev–Trinajstić information content (AvgIpc) is 2.78. The number of anilines is 2. The van der Waals surface area contributed by atoms with Crippen molar-refractivity contribution in [3.8, 4) is 6.07 Å². The number of aromatic carboxylic acids is 1. The molecule has 2 N–H and O–H groups in total. The normalized spacial score (nSPS) is 15.4. The van der Waals surface area contributed by atoms with E-state index in [1.54, 1.807) is 25.1 Å². The van der Waals surface area contributed by atoms with Crippen molar-refractivity contribution < 1.29 is 18.7 Å². The molecule has 7 nitrogen and oxygen atoms in total. The van der Waals surface area contributed by atoms with Crippen LogP contribution in [0.1, 0.15) is 47.4 Å². The highest BCUT2D eigenvalue weighted by molar-refractivity contribution is 5.94. The van der Waals surface area contributed by atoms with Gasteiger partial charge in [0.15, 0.2) is 11.5 Å². The topological polar surface area (TPSA) is 102 Å². The summed E-state index contributed by atoms with van der Waals surface area (Å²) in [6, 6.07) is 10.5. The van der Waals surface area contributed by atoms with E-state index in [1.165, 1.54) is 18.2 Å². The first-order valence-corrected chi connectivity index (χ1v) is 10.3. The Labute approximate surface area is 183 Å². The third-order valence-corrected chi connectivity index (χ3v) is 5.57. The van der Waals surface area contributed by atoms with Gasteiger partial charge >= 0.3 is 5.97 Å². The molecule has 0 saturated carbocycles. The van der Waals surface area contributed by atoms with Gasteiger partial charge in [0.25, 0.3) is 0 Å². The Morgan fingerprint density at radius 3 is 2.69 bits per heavy atom. The lowest BCUT2D eigenvalue weighted by atomic mass is 10.0. The number of para-hydroxylation sites is 1. The van der Waals surface area contributed by atoms with Gasteiger partial charge in [-0.3, -0.25) is 0 Å². The van der Waals surface area contributed by atoms with Gasteiger partial charge < -0.3 is 15.3 Å². The number of carboxylic acid groups (broad SMARTS) is 1. The first-order chi connectivity index (χ1) is 15.4. The Balaban J connectivity index is 1.78. The van der Waals surface area contributed by atoms with E-state index in [4.69, 9.17) is 0 Å². The van der Waals surface area contributed by atoms with E-state index >= 15 is 0 Å². The highest BCUT2D eigenvalue weighted by atomic mass is 19.1. The lowest BCUT2D eigenvalue weighted by Gasteiger charge is -2.30. The molecule has 32 heavy (non-hydrogen) atoms. The van der Waals surface area contributed by atoms with Crippen LogP contribution in [0.3, 0.4) is 0 Å². The minimum absolute atomic E-state index is 0.0585. The maximum absolute atomic E-state index is 14.4. The highest BCUT2D eigenvalue weighted by Gasteiger charge is 2.24. The zero-order valence-corrected chi connectivity index (χ0v) is 17.3. The lowest BCUT2D eigenvalue weighted by Crippen LogP contribution is -2.35. The molecule has 2 aromatic carbocycles. The monoisotopic (exact) mass is 437 g/mol. The largest absolute Gasteiger partial charge is 0.478 e.